The first-order valence-corrected chi connectivity index (χ1v) is 35.4. The molecule has 3 aromatic carbocycles. The van der Waals surface area contributed by atoms with E-state index in [0.29, 0.717) is 35.2 Å². The van der Waals surface area contributed by atoms with Gasteiger partial charge < -0.3 is 94.9 Å². The number of H-pyrrole nitrogens is 1. The fourth-order valence-electron chi connectivity index (χ4n) is 11.2. The molecule has 0 unspecified atom stereocenters. The second-order valence-corrected chi connectivity index (χ2v) is 28.2. The Morgan fingerprint density at radius 1 is 0.667 bits per heavy atom. The summed E-state index contributed by atoms with van der Waals surface area (Å²) in [7, 11) is 2.65. The van der Waals surface area contributed by atoms with Crippen LogP contribution in [0, 0.1) is 5.92 Å². The van der Waals surface area contributed by atoms with Gasteiger partial charge in [0, 0.05) is 75.3 Å². The van der Waals surface area contributed by atoms with Gasteiger partial charge >= 0.3 is 5.97 Å². The largest absolute Gasteiger partial charge is 0.508 e. The molecule has 572 valence electrons. The van der Waals surface area contributed by atoms with E-state index in [1.165, 1.54) is 57.5 Å². The third-order valence-electron chi connectivity index (χ3n) is 17.4. The smallest absolute Gasteiger partial charge is 0.327 e. The molecule has 105 heavy (non-hydrogen) atoms. The molecule has 0 bridgehead atoms. The summed E-state index contributed by atoms with van der Waals surface area (Å²) in [6.45, 7) is 8.38. The number of aliphatic imine (C=N–C) groups is 1. The van der Waals surface area contributed by atoms with Gasteiger partial charge in [-0.25, -0.2) is 9.78 Å². The number of likely N-dealkylation sites (tertiary alicyclic amines) is 1. The normalized spacial score (nSPS) is 15.5. The average Bonchev–Trinajstić information content (AvgIpc) is 1.78. The van der Waals surface area contributed by atoms with Crippen LogP contribution in [-0.4, -0.2) is 235 Å². The number of aromatic nitrogens is 2. The number of carbonyl (C=O) groups excluding carboxylic acids is 12. The first-order valence-electron chi connectivity index (χ1n) is 34.3. The van der Waals surface area contributed by atoms with Gasteiger partial charge in [-0.2, -0.15) is 25.3 Å². The van der Waals surface area contributed by atoms with E-state index < -0.39 is 161 Å². The van der Waals surface area contributed by atoms with Crippen LogP contribution in [0.5, 0.6) is 5.75 Å². The van der Waals surface area contributed by atoms with Crippen molar-refractivity contribution in [2.24, 2.45) is 28.1 Å². The number of aromatic amines is 1. The zero-order valence-electron chi connectivity index (χ0n) is 60.1. The molecule has 1 aromatic heterocycles. The number of amides is 12. The van der Waals surface area contributed by atoms with Gasteiger partial charge in [0.05, 0.1) is 25.5 Å². The summed E-state index contributed by atoms with van der Waals surface area (Å²) in [6.07, 6.45) is 3.53. The van der Waals surface area contributed by atoms with Crippen LogP contribution in [0.4, 0.5) is 0 Å². The molecule has 2 heterocycles. The molecule has 35 heteroatoms. The predicted octanol–water partition coefficient (Wildman–Crippen LogP) is -2.15. The molecule has 11 atom stereocenters. The van der Waals surface area contributed by atoms with Crippen molar-refractivity contribution in [1.82, 2.24) is 72.5 Å². The lowest BCUT2D eigenvalue weighted by Gasteiger charge is -2.35. The SMILES string of the molecule is CC(C)C[C@@H](C(=O)N[C@@H](Cc1ccc(O)cc1)C(=O)N1CCC[C@H]1C(=O)N[C@@H](CS)C(=O)O)N(C)C(=O)CNC(=O)[C@@H](C)NC(=O)[C@H](Cc1ccccc1)NC(=O)[C@H](Cc1cnc[nH]1)NC(=O)CNC(=O)[C@@H](C)N(C)C(=O)[C@@H](NC(=O)[C@H](Cc1ccccc1)NC(=O)[C@@H](N)CCCN=C(N)N)C(C)(C)S. The molecule has 1 aliphatic rings. The molecule has 33 nitrogen and oxygen atoms in total. The Morgan fingerprint density at radius 2 is 1.21 bits per heavy atom. The maximum absolute atomic E-state index is 14.5. The van der Waals surface area contributed by atoms with Gasteiger partial charge in [0.15, 0.2) is 5.96 Å². The van der Waals surface area contributed by atoms with Crippen molar-refractivity contribution in [2.75, 3.05) is 46.0 Å². The summed E-state index contributed by atoms with van der Waals surface area (Å²) in [5.41, 5.74) is 19.2. The van der Waals surface area contributed by atoms with Crippen LogP contribution < -0.4 is 65.1 Å². The quantitative estimate of drug-likeness (QED) is 0.00977. The highest BCUT2D eigenvalue weighted by Crippen LogP contribution is 2.24. The number of carboxylic acid groups (broad SMARTS) is 1. The third kappa shape index (κ3) is 27.4. The summed E-state index contributed by atoms with van der Waals surface area (Å²) in [4.78, 5) is 194. The molecule has 0 radical (unpaired) electrons. The summed E-state index contributed by atoms with van der Waals surface area (Å²) in [5.74, 6) is -11.2. The lowest BCUT2D eigenvalue weighted by atomic mass is 9.98. The van der Waals surface area contributed by atoms with E-state index in [9.17, 15) is 72.5 Å². The number of guanidine groups is 1. The number of phenolic OH excluding ortho intramolecular Hbond substituents is 1. The van der Waals surface area contributed by atoms with Crippen LogP contribution in [0.15, 0.2) is 102 Å². The van der Waals surface area contributed by atoms with Crippen LogP contribution in [-0.2, 0) is 88.0 Å². The van der Waals surface area contributed by atoms with E-state index in [1.807, 2.05) is 0 Å². The van der Waals surface area contributed by atoms with E-state index in [4.69, 9.17) is 17.2 Å². The lowest BCUT2D eigenvalue weighted by Crippen LogP contribution is -2.62. The van der Waals surface area contributed by atoms with Gasteiger partial charge in [0.25, 0.3) is 0 Å². The molecule has 0 aliphatic carbocycles. The van der Waals surface area contributed by atoms with E-state index in [0.717, 1.165) is 9.80 Å². The molecule has 18 N–H and O–H groups in total. The second kappa shape index (κ2) is 41.3. The summed E-state index contributed by atoms with van der Waals surface area (Å²) in [5, 5.41) is 43.0. The predicted molar refractivity (Wildman–Crippen MR) is 395 cm³/mol. The minimum absolute atomic E-state index is 0.00654. The van der Waals surface area contributed by atoms with Gasteiger partial charge in [-0.15, -0.1) is 0 Å². The molecule has 1 fully saturated rings. The van der Waals surface area contributed by atoms with E-state index in [-0.39, 0.29) is 81.4 Å². The fourth-order valence-corrected chi connectivity index (χ4v) is 11.7. The van der Waals surface area contributed by atoms with Gasteiger partial charge in [0.1, 0.15) is 66.2 Å². The molecule has 0 spiro atoms. The number of aliphatic carboxylic acids is 1. The number of likely N-dealkylation sites (N-methyl/N-ethyl adjacent to an activating group) is 2. The Kier molecular flexibility index (Phi) is 33.5. The number of nitrogens with zero attached hydrogens (tertiary/aromatic N) is 5. The number of nitrogens with one attached hydrogen (secondary N) is 10. The van der Waals surface area contributed by atoms with Crippen LogP contribution >= 0.6 is 25.3 Å². The first kappa shape index (κ1) is 85.4. The van der Waals surface area contributed by atoms with E-state index in [2.05, 4.69) is 88.1 Å². The standard InChI is InChI=1S/C70H100N18O15S2/c1-39(2)29-54(65(99)83-51(32-44-23-25-46(89)26-24-44)66(100)88-28-16-22-53(88)64(98)84-52(37-104)68(102)103)87(8)56(91)36-77-58(92)40(3)79-61(95)48(30-42-17-11-9-12-18-42)82-62(96)50(33-45-34-74-38-78-45)80-55(90)35-76-59(93)41(4)86(7)67(101)57(70(5,6)105)85-63(97)49(31-43-19-13-10-14-20-43)81-60(94)47(71)21-15-27-75-69(72)73/h9-14,17-20,23-26,34,38-41,47-54,57,89,104-105H,15-16,21-22,27-33,35-37,71H2,1-8H3,(H,74,78)(H,76,93)(H,77,92)(H,79,95)(H,80,90)(H,81,94)(H,82,96)(H,83,99)(H,84,98)(H,85,97)(H,102,103)(H4,72,73,75)/t40-,41-,47+,48+,49+,50+,51+,52+,53+,54+,57-/m1/s1. The van der Waals surface area contributed by atoms with Gasteiger partial charge in [0.2, 0.25) is 70.9 Å². The van der Waals surface area contributed by atoms with Crippen LogP contribution in [0.2, 0.25) is 0 Å². The number of imidazole rings is 1. The minimum atomic E-state index is -1.43. The van der Waals surface area contributed by atoms with Crippen molar-refractivity contribution in [3.8, 4) is 5.75 Å². The van der Waals surface area contributed by atoms with Crippen LogP contribution in [0.1, 0.15) is 96.0 Å². The van der Waals surface area contributed by atoms with Crippen molar-refractivity contribution < 1.29 is 72.5 Å². The van der Waals surface area contributed by atoms with Crippen molar-refractivity contribution in [1.29, 1.82) is 0 Å². The molecule has 5 rings (SSSR count). The number of aromatic hydroxyl groups is 1. The number of carboxylic acids is 1. The zero-order chi connectivity index (χ0) is 77.8. The number of hydrogen-bond acceptors (Lipinski definition) is 19. The lowest BCUT2D eigenvalue weighted by molar-refractivity contribution is -0.145. The average molecular weight is 1500 g/mol. The molecule has 1 saturated heterocycles. The summed E-state index contributed by atoms with van der Waals surface area (Å²) in [6, 6.07) is 9.11. The van der Waals surface area contributed by atoms with Crippen molar-refractivity contribution >= 4 is 108 Å². The van der Waals surface area contributed by atoms with Crippen LogP contribution in [0.25, 0.3) is 0 Å². The Morgan fingerprint density at radius 3 is 1.76 bits per heavy atom. The Balaban J connectivity index is 1.24. The maximum atomic E-state index is 14.5. The molecular weight excluding hydrogens is 1400 g/mol. The number of thiol groups is 2. The maximum Gasteiger partial charge on any atom is 0.327 e. The second-order valence-electron chi connectivity index (χ2n) is 26.7. The highest BCUT2D eigenvalue weighted by atomic mass is 32.1. The van der Waals surface area contributed by atoms with Crippen molar-refractivity contribution in [3.05, 3.63) is 120 Å². The molecular formula is C70H100N18O15S2. The van der Waals surface area contributed by atoms with Gasteiger partial charge in [-0.05, 0) is 94.5 Å². The Bertz CT molecular complexity index is 3660. The highest BCUT2D eigenvalue weighted by molar-refractivity contribution is 7.81. The summed E-state index contributed by atoms with van der Waals surface area (Å²) < 4.78 is -1.27. The van der Waals surface area contributed by atoms with Crippen molar-refractivity contribution in [2.45, 2.75) is 171 Å². The summed E-state index contributed by atoms with van der Waals surface area (Å²) >= 11 is 8.67. The van der Waals surface area contributed by atoms with Crippen molar-refractivity contribution in [3.63, 3.8) is 0 Å². The number of nitrogens with two attached hydrogens (primary N) is 3. The number of phenols is 1. The monoisotopic (exact) mass is 1500 g/mol. The van der Waals surface area contributed by atoms with E-state index >= 15 is 0 Å². The highest BCUT2D eigenvalue weighted by Gasteiger charge is 2.42. The third-order valence-corrected chi connectivity index (χ3v) is 18.0. The Hall–Kier alpha value is -10.3. The number of benzene rings is 3. The molecule has 4 aromatic rings. The number of carbonyl (C=O) groups is 13. The van der Waals surface area contributed by atoms with Crippen LogP contribution in [0.3, 0.4) is 0 Å². The van der Waals surface area contributed by atoms with E-state index in [1.54, 1.807) is 100 Å². The minimum Gasteiger partial charge on any atom is -0.508 e. The topological polar surface area (TPSA) is 499 Å². The molecule has 1 aliphatic heterocycles. The zero-order valence-corrected chi connectivity index (χ0v) is 61.9. The first-order chi connectivity index (χ1) is 49.6. The number of rotatable bonds is 40. The molecule has 12 amide bonds. The van der Waals surface area contributed by atoms with Gasteiger partial charge in [-0.3, -0.25) is 62.5 Å². The number of hydrogen-bond donors (Lipinski definition) is 17. The fraction of sp³-hybridized carbons (Fsp3) is 0.500. The Labute approximate surface area is 620 Å². The van der Waals surface area contributed by atoms with Gasteiger partial charge in [-0.1, -0.05) is 86.6 Å². The molecule has 0 saturated carbocycles.